The van der Waals surface area contributed by atoms with E-state index in [1.54, 1.807) is 18.3 Å². The molecule has 0 spiro atoms. The lowest BCUT2D eigenvalue weighted by atomic mass is 10.1. The van der Waals surface area contributed by atoms with Crippen molar-refractivity contribution in [3.8, 4) is 22.8 Å². The molecule has 2 aromatic heterocycles. The van der Waals surface area contributed by atoms with Crippen LogP contribution in [0.1, 0.15) is 5.56 Å². The molecule has 31 heavy (non-hydrogen) atoms. The quantitative estimate of drug-likeness (QED) is 0.421. The summed E-state index contributed by atoms with van der Waals surface area (Å²) in [5.41, 5.74) is 2.29. The summed E-state index contributed by atoms with van der Waals surface area (Å²) in [7, 11) is 0. The molecule has 1 N–H and O–H groups in total. The summed E-state index contributed by atoms with van der Waals surface area (Å²) in [5.74, 6) is -1.22. The molecule has 0 fully saturated rings. The molecule has 0 bridgehead atoms. The van der Waals surface area contributed by atoms with Gasteiger partial charge in [0.15, 0.2) is 0 Å². The number of rotatable bonds is 6. The van der Waals surface area contributed by atoms with Crippen LogP contribution in [0.3, 0.4) is 0 Å². The minimum Gasteiger partial charge on any atom is -0.334 e. The zero-order valence-corrected chi connectivity index (χ0v) is 17.1. The van der Waals surface area contributed by atoms with Crippen molar-refractivity contribution >= 4 is 23.4 Å². The number of pyridine rings is 1. The van der Waals surface area contributed by atoms with Crippen molar-refractivity contribution < 1.29 is 18.1 Å². The minimum atomic E-state index is -0.715. The number of aromatic nitrogens is 3. The number of nitrogens with zero attached hydrogens (tertiary/aromatic N) is 3. The van der Waals surface area contributed by atoms with E-state index in [1.165, 1.54) is 0 Å². The molecule has 0 aliphatic heterocycles. The van der Waals surface area contributed by atoms with E-state index in [9.17, 15) is 13.6 Å². The molecule has 6 nitrogen and oxygen atoms in total. The number of benzene rings is 2. The molecule has 0 atom stereocenters. The highest BCUT2D eigenvalue weighted by Gasteiger charge is 2.17. The summed E-state index contributed by atoms with van der Waals surface area (Å²) < 4.78 is 32.4. The average molecular weight is 438 g/mol. The van der Waals surface area contributed by atoms with Crippen LogP contribution in [0.5, 0.6) is 0 Å². The van der Waals surface area contributed by atoms with Gasteiger partial charge in [-0.05, 0) is 31.2 Å². The van der Waals surface area contributed by atoms with E-state index < -0.39 is 17.5 Å². The Bertz CT molecular complexity index is 1230. The zero-order chi connectivity index (χ0) is 21.8. The van der Waals surface area contributed by atoms with E-state index >= 15 is 0 Å². The third-order valence-electron chi connectivity index (χ3n) is 4.28. The largest absolute Gasteiger partial charge is 0.334 e. The van der Waals surface area contributed by atoms with Crippen molar-refractivity contribution in [3.63, 3.8) is 0 Å². The highest BCUT2D eigenvalue weighted by molar-refractivity contribution is 8.00. The maximum atomic E-state index is 13.7. The zero-order valence-electron chi connectivity index (χ0n) is 16.3. The number of carbonyl (C=O) groups excluding carboxylic acids is 1. The second kappa shape index (κ2) is 9.05. The molecule has 9 heteroatoms. The lowest BCUT2D eigenvalue weighted by molar-refractivity contribution is -0.113. The fourth-order valence-electron chi connectivity index (χ4n) is 2.73. The lowest BCUT2D eigenvalue weighted by Crippen LogP contribution is -2.15. The molecule has 0 aliphatic rings. The van der Waals surface area contributed by atoms with Gasteiger partial charge in [0.25, 0.3) is 5.89 Å². The highest BCUT2D eigenvalue weighted by atomic mass is 32.2. The second-order valence-corrected chi connectivity index (χ2v) is 7.57. The first kappa shape index (κ1) is 20.7. The molecule has 0 saturated heterocycles. The third kappa shape index (κ3) is 4.95. The Hall–Kier alpha value is -3.59. The fourth-order valence-corrected chi connectivity index (χ4v) is 3.52. The van der Waals surface area contributed by atoms with Crippen molar-refractivity contribution in [3.05, 3.63) is 78.0 Å². The van der Waals surface area contributed by atoms with Crippen LogP contribution in [-0.4, -0.2) is 26.8 Å². The van der Waals surface area contributed by atoms with Gasteiger partial charge in [0, 0.05) is 17.8 Å². The van der Waals surface area contributed by atoms with Crippen LogP contribution in [0.4, 0.5) is 14.5 Å². The Morgan fingerprint density at radius 3 is 2.74 bits per heavy atom. The number of anilines is 1. The Morgan fingerprint density at radius 2 is 1.94 bits per heavy atom. The Balaban J connectivity index is 1.48. The standard InChI is InChI=1S/C22H16F2N4O2S/c1-13-4-6-14(7-5-13)20-27-21(30-28-20)16-3-2-10-25-22(16)31-12-19(29)26-18-11-15(23)8-9-17(18)24/h2-11H,12H2,1H3,(H,26,29). The molecule has 4 aromatic rings. The van der Waals surface area contributed by atoms with E-state index in [4.69, 9.17) is 4.52 Å². The van der Waals surface area contributed by atoms with Gasteiger partial charge in [-0.2, -0.15) is 4.98 Å². The van der Waals surface area contributed by atoms with Gasteiger partial charge in [0.1, 0.15) is 16.7 Å². The lowest BCUT2D eigenvalue weighted by Gasteiger charge is -2.07. The number of halogens is 2. The second-order valence-electron chi connectivity index (χ2n) is 6.61. The van der Waals surface area contributed by atoms with Crippen LogP contribution >= 0.6 is 11.8 Å². The molecule has 1 amide bonds. The van der Waals surface area contributed by atoms with Gasteiger partial charge < -0.3 is 9.84 Å². The predicted octanol–water partition coefficient (Wildman–Crippen LogP) is 5.12. The summed E-state index contributed by atoms with van der Waals surface area (Å²) >= 11 is 1.12. The number of carbonyl (C=O) groups is 1. The normalized spacial score (nSPS) is 10.8. The monoisotopic (exact) mass is 438 g/mol. The fraction of sp³-hybridized carbons (Fsp3) is 0.0909. The number of amides is 1. The minimum absolute atomic E-state index is 0.0705. The summed E-state index contributed by atoms with van der Waals surface area (Å²) in [4.78, 5) is 20.9. The molecule has 156 valence electrons. The van der Waals surface area contributed by atoms with Gasteiger partial charge in [0.2, 0.25) is 11.7 Å². The Kier molecular flexibility index (Phi) is 6.03. The summed E-state index contributed by atoms with van der Waals surface area (Å²) in [6, 6.07) is 14.1. The topological polar surface area (TPSA) is 80.9 Å². The van der Waals surface area contributed by atoms with E-state index in [0.717, 1.165) is 41.1 Å². The first-order valence-corrected chi connectivity index (χ1v) is 10.2. The van der Waals surface area contributed by atoms with Gasteiger partial charge in [0.05, 0.1) is 17.0 Å². The average Bonchev–Trinajstić information content (AvgIpc) is 3.26. The van der Waals surface area contributed by atoms with Crippen LogP contribution in [0, 0.1) is 18.6 Å². The van der Waals surface area contributed by atoms with Crippen LogP contribution in [0.15, 0.2) is 70.3 Å². The molecule has 2 aromatic carbocycles. The van der Waals surface area contributed by atoms with Gasteiger partial charge in [-0.25, -0.2) is 13.8 Å². The van der Waals surface area contributed by atoms with Gasteiger partial charge >= 0.3 is 0 Å². The molecule has 0 unspecified atom stereocenters. The molecule has 0 saturated carbocycles. The van der Waals surface area contributed by atoms with Crippen molar-refractivity contribution in [2.75, 3.05) is 11.1 Å². The Labute approximate surface area is 180 Å². The number of hydrogen-bond donors (Lipinski definition) is 1. The van der Waals surface area contributed by atoms with E-state index in [0.29, 0.717) is 16.4 Å². The summed E-state index contributed by atoms with van der Waals surface area (Å²) in [6.45, 7) is 1.99. The number of thioether (sulfide) groups is 1. The van der Waals surface area contributed by atoms with Crippen molar-refractivity contribution in [1.29, 1.82) is 0 Å². The van der Waals surface area contributed by atoms with Crippen molar-refractivity contribution in [1.82, 2.24) is 15.1 Å². The predicted molar refractivity (Wildman–Crippen MR) is 113 cm³/mol. The van der Waals surface area contributed by atoms with Gasteiger partial charge in [-0.1, -0.05) is 46.7 Å². The first-order chi connectivity index (χ1) is 15.0. The van der Waals surface area contributed by atoms with Gasteiger partial charge in [-0.15, -0.1) is 0 Å². The SMILES string of the molecule is Cc1ccc(-c2noc(-c3cccnc3SCC(=O)Nc3cc(F)ccc3F)n2)cc1. The van der Waals surface area contributed by atoms with Gasteiger partial charge in [-0.3, -0.25) is 4.79 Å². The molecule has 2 heterocycles. The number of nitrogens with one attached hydrogen (secondary N) is 1. The van der Waals surface area contributed by atoms with Crippen LogP contribution < -0.4 is 5.32 Å². The smallest absolute Gasteiger partial charge is 0.260 e. The number of aryl methyl sites for hydroxylation is 1. The van der Waals surface area contributed by atoms with Crippen molar-refractivity contribution in [2.45, 2.75) is 11.9 Å². The molecule has 0 aliphatic carbocycles. The van der Waals surface area contributed by atoms with Crippen LogP contribution in [0.2, 0.25) is 0 Å². The van der Waals surface area contributed by atoms with E-state index in [1.807, 2.05) is 31.2 Å². The summed E-state index contributed by atoms with van der Waals surface area (Å²) in [6.07, 6.45) is 1.58. The Morgan fingerprint density at radius 1 is 1.13 bits per heavy atom. The van der Waals surface area contributed by atoms with Crippen LogP contribution in [0.25, 0.3) is 22.8 Å². The first-order valence-electron chi connectivity index (χ1n) is 9.23. The number of hydrogen-bond acceptors (Lipinski definition) is 6. The van der Waals surface area contributed by atoms with E-state index in [2.05, 4.69) is 20.4 Å². The molecule has 4 rings (SSSR count). The molecule has 0 radical (unpaired) electrons. The molecular formula is C22H16F2N4O2S. The highest BCUT2D eigenvalue weighted by Crippen LogP contribution is 2.30. The third-order valence-corrected chi connectivity index (χ3v) is 5.29. The van der Waals surface area contributed by atoms with Crippen molar-refractivity contribution in [2.24, 2.45) is 0 Å². The van der Waals surface area contributed by atoms with E-state index in [-0.39, 0.29) is 17.3 Å². The van der Waals surface area contributed by atoms with Crippen LogP contribution in [-0.2, 0) is 4.79 Å². The molecular weight excluding hydrogens is 422 g/mol. The maximum Gasteiger partial charge on any atom is 0.260 e. The maximum absolute atomic E-state index is 13.7. The summed E-state index contributed by atoms with van der Waals surface area (Å²) in [5, 5.41) is 6.88.